The molecule has 96 valence electrons. The Hall–Kier alpha value is 0.0200. The highest BCUT2D eigenvalue weighted by atomic mass is 127. The van der Waals surface area contributed by atoms with Crippen LogP contribution in [0.5, 0.6) is 0 Å². The van der Waals surface area contributed by atoms with Crippen LogP contribution in [0.15, 0.2) is 0 Å². The molecule has 0 spiro atoms. The van der Waals surface area contributed by atoms with Gasteiger partial charge in [0.15, 0.2) is 5.82 Å². The van der Waals surface area contributed by atoms with Crippen molar-refractivity contribution < 1.29 is 9.47 Å². The van der Waals surface area contributed by atoms with Gasteiger partial charge in [-0.2, -0.15) is 0 Å². The van der Waals surface area contributed by atoms with E-state index in [9.17, 15) is 0 Å². The van der Waals surface area contributed by atoms with E-state index in [1.54, 1.807) is 14.2 Å². The van der Waals surface area contributed by atoms with Crippen LogP contribution in [0.2, 0.25) is 5.15 Å². The maximum absolute atomic E-state index is 6.09. The Morgan fingerprint density at radius 3 is 2.59 bits per heavy atom. The van der Waals surface area contributed by atoms with E-state index in [2.05, 4.69) is 39.5 Å². The minimum atomic E-state index is -0.106. The van der Waals surface area contributed by atoms with Crippen molar-refractivity contribution in [2.75, 3.05) is 14.2 Å². The maximum atomic E-state index is 6.09. The lowest BCUT2D eigenvalue weighted by atomic mass is 10.2. The molecule has 1 aromatic heterocycles. The Morgan fingerprint density at radius 2 is 2.06 bits per heavy atom. The molecule has 0 saturated heterocycles. The van der Waals surface area contributed by atoms with E-state index in [4.69, 9.17) is 21.1 Å². The summed E-state index contributed by atoms with van der Waals surface area (Å²) in [5.41, 5.74) is 0.807. The van der Waals surface area contributed by atoms with Gasteiger partial charge in [0, 0.05) is 14.2 Å². The molecule has 0 fully saturated rings. The van der Waals surface area contributed by atoms with Gasteiger partial charge in [0.2, 0.25) is 0 Å². The summed E-state index contributed by atoms with van der Waals surface area (Å²) in [5, 5.41) is 0.459. The summed E-state index contributed by atoms with van der Waals surface area (Å²) in [7, 11) is 3.29. The third kappa shape index (κ3) is 4.01. The molecule has 0 N–H and O–H groups in total. The number of halogens is 2. The molecule has 1 unspecified atom stereocenters. The average Bonchev–Trinajstić information content (AvgIpc) is 2.32. The average molecular weight is 371 g/mol. The molecular formula is C11H16ClIN2O2. The van der Waals surface area contributed by atoms with Gasteiger partial charge in [-0.1, -0.05) is 24.9 Å². The molecule has 0 aliphatic heterocycles. The normalized spacial score (nSPS) is 12.8. The number of ether oxygens (including phenoxy) is 2. The smallest absolute Gasteiger partial charge is 0.159 e. The molecule has 1 heterocycles. The summed E-state index contributed by atoms with van der Waals surface area (Å²) in [6, 6.07) is 0. The number of nitrogens with zero attached hydrogens (tertiary/aromatic N) is 2. The number of rotatable bonds is 6. The lowest BCUT2D eigenvalue weighted by Crippen LogP contribution is -2.11. The molecule has 1 rings (SSSR count). The third-order valence-corrected chi connectivity index (χ3v) is 4.03. The SMILES string of the molecule is CCCC(OC)c1nc(Cl)c(I)c(COC)n1. The molecule has 0 aliphatic rings. The van der Waals surface area contributed by atoms with Crippen molar-refractivity contribution in [2.24, 2.45) is 0 Å². The van der Waals surface area contributed by atoms with Crippen LogP contribution in [0.1, 0.15) is 37.4 Å². The van der Waals surface area contributed by atoms with E-state index in [1.165, 1.54) is 0 Å². The molecule has 0 radical (unpaired) electrons. The first-order valence-electron chi connectivity index (χ1n) is 5.37. The van der Waals surface area contributed by atoms with Crippen molar-refractivity contribution in [1.29, 1.82) is 0 Å². The van der Waals surface area contributed by atoms with E-state index >= 15 is 0 Å². The first-order chi connectivity index (χ1) is 8.13. The second-order valence-corrected chi connectivity index (χ2v) is 5.02. The van der Waals surface area contributed by atoms with Crippen molar-refractivity contribution in [3.05, 3.63) is 20.2 Å². The van der Waals surface area contributed by atoms with Crippen LogP contribution < -0.4 is 0 Å². The lowest BCUT2D eigenvalue weighted by Gasteiger charge is -2.15. The molecule has 6 heteroatoms. The Balaban J connectivity index is 3.07. The largest absolute Gasteiger partial charge is 0.378 e. The summed E-state index contributed by atoms with van der Waals surface area (Å²) >= 11 is 8.21. The van der Waals surface area contributed by atoms with Gasteiger partial charge in [-0.25, -0.2) is 9.97 Å². The second-order valence-electron chi connectivity index (χ2n) is 3.58. The number of aromatic nitrogens is 2. The fourth-order valence-corrected chi connectivity index (χ4v) is 2.06. The van der Waals surface area contributed by atoms with Crippen molar-refractivity contribution in [3.63, 3.8) is 0 Å². The van der Waals surface area contributed by atoms with E-state index < -0.39 is 0 Å². The fraction of sp³-hybridized carbons (Fsp3) is 0.636. The van der Waals surface area contributed by atoms with Crippen molar-refractivity contribution in [1.82, 2.24) is 9.97 Å². The predicted molar refractivity (Wildman–Crippen MR) is 75.1 cm³/mol. The molecule has 4 nitrogen and oxygen atoms in total. The minimum Gasteiger partial charge on any atom is -0.378 e. The van der Waals surface area contributed by atoms with Crippen LogP contribution in [0, 0.1) is 3.57 Å². The first kappa shape index (κ1) is 15.1. The van der Waals surface area contributed by atoms with Gasteiger partial charge in [-0.15, -0.1) is 0 Å². The predicted octanol–water partition coefficient (Wildman–Crippen LogP) is 3.37. The summed E-state index contributed by atoms with van der Waals surface area (Å²) in [6.45, 7) is 2.52. The van der Waals surface area contributed by atoms with Crippen LogP contribution in [-0.2, 0) is 16.1 Å². The van der Waals surface area contributed by atoms with Crippen molar-refractivity contribution >= 4 is 34.2 Å². The van der Waals surface area contributed by atoms with Gasteiger partial charge in [0.25, 0.3) is 0 Å². The molecule has 0 amide bonds. The van der Waals surface area contributed by atoms with Crippen LogP contribution in [0.25, 0.3) is 0 Å². The zero-order chi connectivity index (χ0) is 12.8. The lowest BCUT2D eigenvalue weighted by molar-refractivity contribution is 0.0867. The topological polar surface area (TPSA) is 44.2 Å². The van der Waals surface area contributed by atoms with Crippen LogP contribution in [-0.4, -0.2) is 24.2 Å². The molecule has 0 bridgehead atoms. The van der Waals surface area contributed by atoms with Crippen molar-refractivity contribution in [3.8, 4) is 0 Å². The highest BCUT2D eigenvalue weighted by Gasteiger charge is 2.17. The summed E-state index contributed by atoms with van der Waals surface area (Å²) in [6.07, 6.45) is 1.77. The molecule has 0 aromatic carbocycles. The fourth-order valence-electron chi connectivity index (χ4n) is 1.47. The van der Waals surface area contributed by atoms with E-state index in [0.717, 1.165) is 22.1 Å². The van der Waals surface area contributed by atoms with Gasteiger partial charge < -0.3 is 9.47 Å². The van der Waals surface area contributed by atoms with E-state index in [1.807, 2.05) is 0 Å². The van der Waals surface area contributed by atoms with Gasteiger partial charge in [0.05, 0.1) is 15.9 Å². The van der Waals surface area contributed by atoms with Gasteiger partial charge in [0.1, 0.15) is 11.3 Å². The number of hydrogen-bond acceptors (Lipinski definition) is 4. The molecular weight excluding hydrogens is 354 g/mol. The molecule has 0 saturated carbocycles. The summed E-state index contributed by atoms with van der Waals surface area (Å²) in [4.78, 5) is 8.73. The molecule has 1 aromatic rings. The van der Waals surface area contributed by atoms with E-state index in [-0.39, 0.29) is 6.10 Å². The summed E-state index contributed by atoms with van der Waals surface area (Å²) < 4.78 is 11.3. The Kier molecular flexibility index (Phi) is 6.61. The Labute approximate surface area is 120 Å². The second kappa shape index (κ2) is 7.45. The monoisotopic (exact) mass is 370 g/mol. The first-order valence-corrected chi connectivity index (χ1v) is 6.83. The molecule has 17 heavy (non-hydrogen) atoms. The van der Waals surface area contributed by atoms with Gasteiger partial charge >= 0.3 is 0 Å². The third-order valence-electron chi connectivity index (χ3n) is 2.30. The van der Waals surface area contributed by atoms with Crippen LogP contribution >= 0.6 is 34.2 Å². The van der Waals surface area contributed by atoms with Crippen molar-refractivity contribution in [2.45, 2.75) is 32.5 Å². The zero-order valence-electron chi connectivity index (χ0n) is 10.2. The van der Waals surface area contributed by atoms with Gasteiger partial charge in [-0.05, 0) is 29.0 Å². The standard InChI is InChI=1S/C11H16ClIN2O2/c1-4-5-8(17-3)11-14-7(6-16-2)9(13)10(12)15-11/h8H,4-6H2,1-3H3. The maximum Gasteiger partial charge on any atom is 0.159 e. The molecule has 1 atom stereocenters. The Morgan fingerprint density at radius 1 is 1.35 bits per heavy atom. The zero-order valence-corrected chi connectivity index (χ0v) is 13.1. The number of hydrogen-bond donors (Lipinski definition) is 0. The van der Waals surface area contributed by atoms with E-state index in [0.29, 0.717) is 17.6 Å². The quantitative estimate of drug-likeness (QED) is 0.569. The highest BCUT2D eigenvalue weighted by molar-refractivity contribution is 14.1. The van der Waals surface area contributed by atoms with Gasteiger partial charge in [-0.3, -0.25) is 0 Å². The van der Waals surface area contributed by atoms with Crippen LogP contribution in [0.4, 0.5) is 0 Å². The Bertz CT molecular complexity index is 377. The highest BCUT2D eigenvalue weighted by Crippen LogP contribution is 2.25. The molecule has 0 aliphatic carbocycles. The summed E-state index contributed by atoms with van der Waals surface area (Å²) in [5.74, 6) is 0.631. The minimum absolute atomic E-state index is 0.106. The van der Waals surface area contributed by atoms with Crippen LogP contribution in [0.3, 0.4) is 0 Å². The number of methoxy groups -OCH3 is 2.